The molecule has 8 nitrogen and oxygen atoms in total. The van der Waals surface area contributed by atoms with Gasteiger partial charge in [-0.15, -0.1) is 0 Å². The number of nitrogens with zero attached hydrogens (tertiary/aromatic N) is 4. The van der Waals surface area contributed by atoms with Gasteiger partial charge in [0.15, 0.2) is 5.65 Å². The van der Waals surface area contributed by atoms with Crippen molar-refractivity contribution >= 4 is 40.0 Å². The molecule has 1 saturated heterocycles. The molecule has 3 heterocycles. The van der Waals surface area contributed by atoms with Crippen LogP contribution in [0.2, 0.25) is 5.02 Å². The van der Waals surface area contributed by atoms with Crippen LogP contribution in [-0.2, 0) is 4.79 Å². The summed E-state index contributed by atoms with van der Waals surface area (Å²) < 4.78 is 0. The fourth-order valence-corrected chi connectivity index (χ4v) is 3.48. The standard InChI is InChI=1S/C18H20ClN7O/c19-14-5-1-2-6-15(14)20-9-16(27)26-7-3-4-12(10-26)24-17-13-8-23-25-18(13)22-11-21-17/h1-2,5-6,8,11-12,20H,3-4,7,9-10H2,(H2,21,22,23,24,25)/t12-/m0/s1. The Morgan fingerprint density at radius 3 is 3.11 bits per heavy atom. The van der Waals surface area contributed by atoms with Gasteiger partial charge in [-0.05, 0) is 25.0 Å². The SMILES string of the molecule is O=C(CNc1ccccc1Cl)N1CCC[C@H](Nc2ncnc3[nH]ncc23)C1. The average molecular weight is 386 g/mol. The Balaban J connectivity index is 1.37. The van der Waals surface area contributed by atoms with Gasteiger partial charge in [0, 0.05) is 19.1 Å². The van der Waals surface area contributed by atoms with Gasteiger partial charge in [0.1, 0.15) is 12.1 Å². The lowest BCUT2D eigenvalue weighted by Gasteiger charge is -2.33. The molecule has 1 amide bonds. The van der Waals surface area contributed by atoms with E-state index >= 15 is 0 Å². The second-order valence-electron chi connectivity index (χ2n) is 6.51. The molecule has 0 spiro atoms. The number of hydrogen-bond acceptors (Lipinski definition) is 6. The van der Waals surface area contributed by atoms with E-state index in [4.69, 9.17) is 11.6 Å². The summed E-state index contributed by atoms with van der Waals surface area (Å²) in [6.45, 7) is 1.61. The summed E-state index contributed by atoms with van der Waals surface area (Å²) in [6.07, 6.45) is 5.12. The van der Waals surface area contributed by atoms with Crippen LogP contribution < -0.4 is 10.6 Å². The van der Waals surface area contributed by atoms with Crippen molar-refractivity contribution in [3.8, 4) is 0 Å². The Hall–Kier alpha value is -2.87. The molecule has 1 aliphatic heterocycles. The minimum atomic E-state index is 0.0533. The van der Waals surface area contributed by atoms with Gasteiger partial charge in [-0.2, -0.15) is 5.10 Å². The number of rotatable bonds is 5. The van der Waals surface area contributed by atoms with Crippen LogP contribution in [-0.4, -0.2) is 56.6 Å². The van der Waals surface area contributed by atoms with E-state index in [9.17, 15) is 4.79 Å². The highest BCUT2D eigenvalue weighted by molar-refractivity contribution is 6.33. The zero-order chi connectivity index (χ0) is 18.6. The summed E-state index contributed by atoms with van der Waals surface area (Å²) in [7, 11) is 0. The van der Waals surface area contributed by atoms with Crippen molar-refractivity contribution in [2.24, 2.45) is 0 Å². The second kappa shape index (κ2) is 7.79. The van der Waals surface area contributed by atoms with Crippen molar-refractivity contribution < 1.29 is 4.79 Å². The van der Waals surface area contributed by atoms with E-state index in [1.807, 2.05) is 23.1 Å². The maximum atomic E-state index is 12.6. The molecule has 0 radical (unpaired) electrons. The molecule has 140 valence electrons. The predicted molar refractivity (Wildman–Crippen MR) is 105 cm³/mol. The number of nitrogens with one attached hydrogen (secondary N) is 3. The number of H-pyrrole nitrogens is 1. The van der Waals surface area contributed by atoms with Gasteiger partial charge in [0.25, 0.3) is 0 Å². The van der Waals surface area contributed by atoms with Crippen LogP contribution in [0.15, 0.2) is 36.8 Å². The van der Waals surface area contributed by atoms with Crippen molar-refractivity contribution in [3.05, 3.63) is 41.8 Å². The summed E-state index contributed by atoms with van der Waals surface area (Å²) in [6, 6.07) is 7.55. The Kier molecular flexibility index (Phi) is 5.06. The molecule has 1 aliphatic rings. The molecule has 1 fully saturated rings. The lowest BCUT2D eigenvalue weighted by Crippen LogP contribution is -2.47. The predicted octanol–water partition coefficient (Wildman–Crippen LogP) is 2.52. The number of aromatic amines is 1. The first-order valence-corrected chi connectivity index (χ1v) is 9.25. The lowest BCUT2D eigenvalue weighted by molar-refractivity contribution is -0.130. The van der Waals surface area contributed by atoms with Gasteiger partial charge in [0.05, 0.1) is 28.8 Å². The van der Waals surface area contributed by atoms with Crippen LogP contribution >= 0.6 is 11.6 Å². The number of carbonyl (C=O) groups excluding carboxylic acids is 1. The van der Waals surface area contributed by atoms with E-state index < -0.39 is 0 Å². The second-order valence-corrected chi connectivity index (χ2v) is 6.92. The molecule has 0 aliphatic carbocycles. The molecule has 0 saturated carbocycles. The van der Waals surface area contributed by atoms with Gasteiger partial charge in [-0.1, -0.05) is 23.7 Å². The van der Waals surface area contributed by atoms with E-state index in [0.29, 0.717) is 17.2 Å². The van der Waals surface area contributed by atoms with Crippen LogP contribution in [0, 0.1) is 0 Å². The number of aromatic nitrogens is 4. The Labute approximate surface area is 161 Å². The molecule has 27 heavy (non-hydrogen) atoms. The van der Waals surface area contributed by atoms with E-state index in [1.54, 1.807) is 12.3 Å². The fourth-order valence-electron chi connectivity index (χ4n) is 3.28. The fraction of sp³-hybridized carbons (Fsp3) is 0.333. The molecule has 0 unspecified atom stereocenters. The van der Waals surface area contributed by atoms with Crippen LogP contribution in [0.3, 0.4) is 0 Å². The molecule has 4 rings (SSSR count). The van der Waals surface area contributed by atoms with E-state index in [0.717, 1.165) is 36.3 Å². The number of carbonyl (C=O) groups is 1. The van der Waals surface area contributed by atoms with Gasteiger partial charge in [-0.25, -0.2) is 9.97 Å². The first kappa shape index (κ1) is 17.5. The van der Waals surface area contributed by atoms with Crippen molar-refractivity contribution in [1.29, 1.82) is 0 Å². The number of fused-ring (bicyclic) bond motifs is 1. The smallest absolute Gasteiger partial charge is 0.241 e. The van der Waals surface area contributed by atoms with Crippen LogP contribution in [0.25, 0.3) is 11.0 Å². The van der Waals surface area contributed by atoms with Gasteiger partial charge < -0.3 is 15.5 Å². The molecular formula is C18H20ClN7O. The molecule has 0 bridgehead atoms. The molecule has 1 aromatic carbocycles. The number of benzene rings is 1. The summed E-state index contributed by atoms with van der Waals surface area (Å²) >= 11 is 6.13. The third-order valence-corrected chi connectivity index (χ3v) is 5.00. The van der Waals surface area contributed by atoms with Crippen molar-refractivity contribution in [1.82, 2.24) is 25.1 Å². The Morgan fingerprint density at radius 2 is 2.22 bits per heavy atom. The number of likely N-dealkylation sites (tertiary alicyclic amines) is 1. The number of piperidine rings is 1. The van der Waals surface area contributed by atoms with Crippen LogP contribution in [0.1, 0.15) is 12.8 Å². The van der Waals surface area contributed by atoms with E-state index in [-0.39, 0.29) is 18.5 Å². The summed E-state index contributed by atoms with van der Waals surface area (Å²) in [4.78, 5) is 22.9. The summed E-state index contributed by atoms with van der Waals surface area (Å²) in [5, 5.41) is 14.8. The molecule has 9 heteroatoms. The highest BCUT2D eigenvalue weighted by Gasteiger charge is 2.24. The van der Waals surface area contributed by atoms with Crippen molar-refractivity contribution in [2.75, 3.05) is 30.3 Å². The summed E-state index contributed by atoms with van der Waals surface area (Å²) in [5.74, 6) is 0.791. The minimum Gasteiger partial charge on any atom is -0.375 e. The van der Waals surface area contributed by atoms with Gasteiger partial charge in [-0.3, -0.25) is 9.89 Å². The van der Waals surface area contributed by atoms with Gasteiger partial charge >= 0.3 is 0 Å². The Morgan fingerprint density at radius 1 is 1.33 bits per heavy atom. The highest BCUT2D eigenvalue weighted by Crippen LogP contribution is 2.22. The van der Waals surface area contributed by atoms with Gasteiger partial charge in [0.2, 0.25) is 5.91 Å². The molecular weight excluding hydrogens is 366 g/mol. The first-order chi connectivity index (χ1) is 13.2. The third-order valence-electron chi connectivity index (χ3n) is 4.67. The van der Waals surface area contributed by atoms with E-state index in [1.165, 1.54) is 6.33 Å². The number of anilines is 2. The van der Waals surface area contributed by atoms with Crippen LogP contribution in [0.4, 0.5) is 11.5 Å². The lowest BCUT2D eigenvalue weighted by atomic mass is 10.1. The number of amides is 1. The quantitative estimate of drug-likeness (QED) is 0.624. The minimum absolute atomic E-state index is 0.0533. The van der Waals surface area contributed by atoms with E-state index in [2.05, 4.69) is 30.8 Å². The zero-order valence-corrected chi connectivity index (χ0v) is 15.4. The molecule has 3 N–H and O–H groups in total. The average Bonchev–Trinajstić information content (AvgIpc) is 3.17. The third kappa shape index (κ3) is 3.95. The zero-order valence-electron chi connectivity index (χ0n) is 14.7. The molecule has 1 atom stereocenters. The largest absolute Gasteiger partial charge is 0.375 e. The molecule has 3 aromatic rings. The summed E-state index contributed by atoms with van der Waals surface area (Å²) in [5.41, 5.74) is 1.46. The molecule has 2 aromatic heterocycles. The monoisotopic (exact) mass is 385 g/mol. The van der Waals surface area contributed by atoms with Crippen LogP contribution in [0.5, 0.6) is 0 Å². The maximum absolute atomic E-state index is 12.6. The highest BCUT2D eigenvalue weighted by atomic mass is 35.5. The normalized spacial score (nSPS) is 17.1. The Bertz CT molecular complexity index is 944. The number of halogens is 1. The number of para-hydroxylation sites is 1. The van der Waals surface area contributed by atoms with Crippen molar-refractivity contribution in [3.63, 3.8) is 0 Å². The van der Waals surface area contributed by atoms with Crippen molar-refractivity contribution in [2.45, 2.75) is 18.9 Å². The number of hydrogen-bond donors (Lipinski definition) is 3. The maximum Gasteiger partial charge on any atom is 0.241 e. The first-order valence-electron chi connectivity index (χ1n) is 8.87. The topological polar surface area (TPSA) is 98.8 Å².